The van der Waals surface area contributed by atoms with E-state index in [1.54, 1.807) is 14.2 Å². The maximum Gasteiger partial charge on any atom is 0.161 e. The second-order valence-corrected chi connectivity index (χ2v) is 6.88. The lowest BCUT2D eigenvalue weighted by molar-refractivity contribution is 0.122. The highest BCUT2D eigenvalue weighted by molar-refractivity contribution is 5.55. The number of anilines is 2. The smallest absolute Gasteiger partial charge is 0.161 e. The van der Waals surface area contributed by atoms with Crippen LogP contribution in [0.1, 0.15) is 17.0 Å². The summed E-state index contributed by atoms with van der Waals surface area (Å²) in [7, 11) is 3.35. The van der Waals surface area contributed by atoms with Crippen LogP contribution in [0.4, 0.5) is 11.6 Å². The van der Waals surface area contributed by atoms with Crippen LogP contribution in [0.2, 0.25) is 0 Å². The molecular weight excluding hydrogens is 344 g/mol. The number of benzene rings is 1. The van der Waals surface area contributed by atoms with Crippen LogP contribution in [0.15, 0.2) is 18.2 Å². The van der Waals surface area contributed by atoms with E-state index in [1.807, 2.05) is 6.92 Å². The van der Waals surface area contributed by atoms with Crippen molar-refractivity contribution in [3.63, 3.8) is 0 Å². The van der Waals surface area contributed by atoms with E-state index >= 15 is 0 Å². The molecule has 1 saturated heterocycles. The SMILES string of the molecule is COc1cc2c(cc1OC)CN(c1cc(N3CCOCC3)nc(C)n1)CC2. The zero-order valence-electron chi connectivity index (χ0n) is 16.2. The number of methoxy groups -OCH3 is 2. The van der Waals surface area contributed by atoms with Crippen molar-refractivity contribution in [2.75, 3.05) is 56.9 Å². The zero-order chi connectivity index (χ0) is 18.8. The predicted molar refractivity (Wildman–Crippen MR) is 104 cm³/mol. The van der Waals surface area contributed by atoms with Crippen LogP contribution in [-0.4, -0.2) is 57.0 Å². The van der Waals surface area contributed by atoms with E-state index in [1.165, 1.54) is 11.1 Å². The minimum atomic E-state index is 0.747. The van der Waals surface area contributed by atoms with Crippen molar-refractivity contribution < 1.29 is 14.2 Å². The van der Waals surface area contributed by atoms with Crippen LogP contribution in [-0.2, 0) is 17.7 Å². The van der Waals surface area contributed by atoms with Crippen LogP contribution >= 0.6 is 0 Å². The molecule has 0 radical (unpaired) electrons. The third-order valence-corrected chi connectivity index (χ3v) is 5.19. The number of ether oxygens (including phenoxy) is 3. The fraction of sp³-hybridized carbons (Fsp3) is 0.500. The van der Waals surface area contributed by atoms with Gasteiger partial charge in [0.25, 0.3) is 0 Å². The Morgan fingerprint density at radius 2 is 1.48 bits per heavy atom. The molecule has 2 aliphatic heterocycles. The Morgan fingerprint density at radius 3 is 2.15 bits per heavy atom. The topological polar surface area (TPSA) is 60.0 Å². The van der Waals surface area contributed by atoms with E-state index < -0.39 is 0 Å². The van der Waals surface area contributed by atoms with Gasteiger partial charge in [0, 0.05) is 32.2 Å². The van der Waals surface area contributed by atoms with Gasteiger partial charge < -0.3 is 24.0 Å². The molecule has 0 aliphatic carbocycles. The number of hydrogen-bond donors (Lipinski definition) is 0. The number of aryl methyl sites for hydroxylation is 1. The van der Waals surface area contributed by atoms with Crippen molar-refractivity contribution >= 4 is 11.6 Å². The van der Waals surface area contributed by atoms with Crippen molar-refractivity contribution in [2.45, 2.75) is 19.9 Å². The van der Waals surface area contributed by atoms with Gasteiger partial charge in [0.2, 0.25) is 0 Å². The Bertz CT molecular complexity index is 821. The maximum atomic E-state index is 5.47. The average Bonchev–Trinajstić information content (AvgIpc) is 2.72. The number of hydrogen-bond acceptors (Lipinski definition) is 7. The highest BCUT2D eigenvalue weighted by Gasteiger charge is 2.22. The molecule has 1 aromatic heterocycles. The second-order valence-electron chi connectivity index (χ2n) is 6.88. The molecule has 1 fully saturated rings. The zero-order valence-corrected chi connectivity index (χ0v) is 16.2. The molecule has 3 heterocycles. The first-order chi connectivity index (χ1) is 13.2. The first kappa shape index (κ1) is 17.9. The van der Waals surface area contributed by atoms with Gasteiger partial charge in [-0.05, 0) is 36.6 Å². The molecule has 7 nitrogen and oxygen atoms in total. The van der Waals surface area contributed by atoms with Crippen LogP contribution in [0, 0.1) is 6.92 Å². The van der Waals surface area contributed by atoms with Gasteiger partial charge in [-0.15, -0.1) is 0 Å². The van der Waals surface area contributed by atoms with Gasteiger partial charge in [-0.3, -0.25) is 0 Å². The molecule has 0 atom stereocenters. The van der Waals surface area contributed by atoms with Gasteiger partial charge in [0.05, 0.1) is 27.4 Å². The summed E-state index contributed by atoms with van der Waals surface area (Å²) in [5.41, 5.74) is 2.56. The Balaban J connectivity index is 1.61. The summed E-state index contributed by atoms with van der Waals surface area (Å²) in [5.74, 6) is 4.32. The van der Waals surface area contributed by atoms with E-state index in [0.29, 0.717) is 0 Å². The average molecular weight is 370 g/mol. The fourth-order valence-electron chi connectivity index (χ4n) is 3.73. The molecule has 1 aromatic carbocycles. The third kappa shape index (κ3) is 3.64. The molecule has 27 heavy (non-hydrogen) atoms. The summed E-state index contributed by atoms with van der Waals surface area (Å²) in [4.78, 5) is 13.9. The van der Waals surface area contributed by atoms with Crippen molar-refractivity contribution in [3.8, 4) is 11.5 Å². The lowest BCUT2D eigenvalue weighted by Gasteiger charge is -2.32. The highest BCUT2D eigenvalue weighted by Crippen LogP contribution is 2.34. The number of fused-ring (bicyclic) bond motifs is 1. The van der Waals surface area contributed by atoms with Gasteiger partial charge in [0.15, 0.2) is 11.5 Å². The van der Waals surface area contributed by atoms with Crippen molar-refractivity contribution in [3.05, 3.63) is 35.2 Å². The van der Waals surface area contributed by atoms with E-state index in [0.717, 1.165) is 74.8 Å². The molecule has 0 saturated carbocycles. The Labute approximate surface area is 159 Å². The van der Waals surface area contributed by atoms with Gasteiger partial charge in [-0.1, -0.05) is 0 Å². The van der Waals surface area contributed by atoms with Crippen molar-refractivity contribution in [1.82, 2.24) is 9.97 Å². The minimum absolute atomic E-state index is 0.747. The van der Waals surface area contributed by atoms with E-state index in [4.69, 9.17) is 19.2 Å². The number of morpholine rings is 1. The molecule has 0 bridgehead atoms. The first-order valence-electron chi connectivity index (χ1n) is 9.35. The van der Waals surface area contributed by atoms with Crippen molar-refractivity contribution in [1.29, 1.82) is 0 Å². The number of rotatable bonds is 4. The Morgan fingerprint density at radius 1 is 0.852 bits per heavy atom. The summed E-state index contributed by atoms with van der Waals surface area (Å²) in [6.07, 6.45) is 0.950. The molecule has 7 heteroatoms. The number of aromatic nitrogens is 2. The molecule has 144 valence electrons. The summed E-state index contributed by atoms with van der Waals surface area (Å²) in [6.45, 7) is 6.91. The van der Waals surface area contributed by atoms with Gasteiger partial charge >= 0.3 is 0 Å². The van der Waals surface area contributed by atoms with E-state index in [9.17, 15) is 0 Å². The van der Waals surface area contributed by atoms with E-state index in [2.05, 4.69) is 33.0 Å². The summed E-state index contributed by atoms with van der Waals surface area (Å²) >= 11 is 0. The molecule has 0 amide bonds. The molecule has 2 aromatic rings. The molecule has 4 rings (SSSR count). The molecule has 0 N–H and O–H groups in total. The summed E-state index contributed by atoms with van der Waals surface area (Å²) in [5, 5.41) is 0. The quantitative estimate of drug-likeness (QED) is 0.818. The lowest BCUT2D eigenvalue weighted by Crippen LogP contribution is -2.37. The lowest BCUT2D eigenvalue weighted by atomic mass is 9.99. The maximum absolute atomic E-state index is 5.47. The highest BCUT2D eigenvalue weighted by atomic mass is 16.5. The molecule has 0 unspecified atom stereocenters. The van der Waals surface area contributed by atoms with Crippen LogP contribution in [0.25, 0.3) is 0 Å². The van der Waals surface area contributed by atoms with Gasteiger partial charge in [-0.25, -0.2) is 9.97 Å². The largest absolute Gasteiger partial charge is 0.493 e. The number of nitrogens with zero attached hydrogens (tertiary/aromatic N) is 4. The van der Waals surface area contributed by atoms with Crippen molar-refractivity contribution in [2.24, 2.45) is 0 Å². The van der Waals surface area contributed by atoms with Crippen LogP contribution < -0.4 is 19.3 Å². The summed E-state index contributed by atoms with van der Waals surface area (Å²) in [6, 6.07) is 6.28. The van der Waals surface area contributed by atoms with Crippen LogP contribution in [0.5, 0.6) is 11.5 Å². The van der Waals surface area contributed by atoms with Gasteiger partial charge in [-0.2, -0.15) is 0 Å². The monoisotopic (exact) mass is 370 g/mol. The summed E-state index contributed by atoms with van der Waals surface area (Å²) < 4.78 is 16.4. The normalized spacial score (nSPS) is 16.9. The third-order valence-electron chi connectivity index (χ3n) is 5.19. The van der Waals surface area contributed by atoms with E-state index in [-0.39, 0.29) is 0 Å². The molecule has 0 spiro atoms. The fourth-order valence-corrected chi connectivity index (χ4v) is 3.73. The second kappa shape index (κ2) is 7.60. The predicted octanol–water partition coefficient (Wildman–Crippen LogP) is 2.20. The Hall–Kier alpha value is -2.54. The standard InChI is InChI=1S/C20H26N4O3/c1-14-21-19(23-6-8-27-9-7-23)12-20(22-14)24-5-4-15-10-17(25-2)18(26-3)11-16(15)13-24/h10-12H,4-9,13H2,1-3H3. The minimum Gasteiger partial charge on any atom is -0.493 e. The Kier molecular flexibility index (Phi) is 5.03. The van der Waals surface area contributed by atoms with Crippen LogP contribution in [0.3, 0.4) is 0 Å². The molecular formula is C20H26N4O3. The molecule has 2 aliphatic rings. The van der Waals surface area contributed by atoms with Gasteiger partial charge in [0.1, 0.15) is 17.5 Å². The first-order valence-corrected chi connectivity index (χ1v) is 9.35.